The first-order valence-corrected chi connectivity index (χ1v) is 8.19. The SMILES string of the molecule is CC[NH+](Cc1ccccc1)Cc1c(CC(=O)[O-])nc2ccccn12. The molecule has 1 unspecified atom stereocenters. The third kappa shape index (κ3) is 3.63. The summed E-state index contributed by atoms with van der Waals surface area (Å²) >= 11 is 0. The Morgan fingerprint density at radius 1 is 1.12 bits per heavy atom. The summed E-state index contributed by atoms with van der Waals surface area (Å²) in [7, 11) is 0. The molecule has 0 aliphatic heterocycles. The molecule has 1 aromatic carbocycles. The number of carbonyl (C=O) groups excluding carboxylic acids is 1. The summed E-state index contributed by atoms with van der Waals surface area (Å²) in [5, 5.41) is 11.1. The molecule has 0 fully saturated rings. The average molecular weight is 323 g/mol. The average Bonchev–Trinajstić information content (AvgIpc) is 2.92. The number of hydrogen-bond acceptors (Lipinski definition) is 3. The van der Waals surface area contributed by atoms with Gasteiger partial charge in [0.1, 0.15) is 24.4 Å². The fraction of sp³-hybridized carbons (Fsp3) is 0.263. The van der Waals surface area contributed by atoms with Crippen molar-refractivity contribution in [1.82, 2.24) is 9.38 Å². The molecule has 5 nitrogen and oxygen atoms in total. The van der Waals surface area contributed by atoms with Gasteiger partial charge in [-0.15, -0.1) is 0 Å². The van der Waals surface area contributed by atoms with Gasteiger partial charge in [-0.2, -0.15) is 0 Å². The molecule has 124 valence electrons. The van der Waals surface area contributed by atoms with E-state index in [1.165, 1.54) is 10.5 Å². The second kappa shape index (κ2) is 7.27. The van der Waals surface area contributed by atoms with Crippen molar-refractivity contribution < 1.29 is 14.8 Å². The van der Waals surface area contributed by atoms with Crippen LogP contribution in [-0.4, -0.2) is 21.9 Å². The van der Waals surface area contributed by atoms with Crippen molar-refractivity contribution in [2.45, 2.75) is 26.4 Å². The number of aliphatic carboxylic acids is 1. The zero-order chi connectivity index (χ0) is 16.9. The van der Waals surface area contributed by atoms with E-state index in [1.807, 2.05) is 47.0 Å². The number of aromatic nitrogens is 2. The molecule has 24 heavy (non-hydrogen) atoms. The summed E-state index contributed by atoms with van der Waals surface area (Å²) in [5.74, 6) is -1.10. The lowest BCUT2D eigenvalue weighted by Gasteiger charge is -2.18. The van der Waals surface area contributed by atoms with Crippen LogP contribution in [0, 0.1) is 0 Å². The Hall–Kier alpha value is -2.66. The van der Waals surface area contributed by atoms with Crippen molar-refractivity contribution in [2.75, 3.05) is 6.54 Å². The van der Waals surface area contributed by atoms with Crippen molar-refractivity contribution in [2.24, 2.45) is 0 Å². The molecule has 0 spiro atoms. The van der Waals surface area contributed by atoms with Gasteiger partial charge < -0.3 is 14.8 Å². The largest absolute Gasteiger partial charge is 0.550 e. The van der Waals surface area contributed by atoms with Gasteiger partial charge in [-0.3, -0.25) is 4.40 Å². The fourth-order valence-electron chi connectivity index (χ4n) is 2.99. The van der Waals surface area contributed by atoms with Gasteiger partial charge in [-0.05, 0) is 19.1 Å². The molecule has 0 amide bonds. The number of quaternary nitrogens is 1. The zero-order valence-electron chi connectivity index (χ0n) is 13.7. The Balaban J connectivity index is 1.90. The Morgan fingerprint density at radius 2 is 1.88 bits per heavy atom. The molecule has 0 radical (unpaired) electrons. The van der Waals surface area contributed by atoms with E-state index in [2.05, 4.69) is 24.0 Å². The maximum absolute atomic E-state index is 11.1. The standard InChI is InChI=1S/C19H21N3O2/c1-2-21(13-15-8-4-3-5-9-15)14-17-16(12-19(23)24)20-18-10-6-7-11-22(17)18/h3-11H,2,12-14H2,1H3,(H,23,24). The van der Waals surface area contributed by atoms with Gasteiger partial charge in [-0.1, -0.05) is 36.4 Å². The van der Waals surface area contributed by atoms with Gasteiger partial charge in [-0.25, -0.2) is 4.98 Å². The van der Waals surface area contributed by atoms with Crippen LogP contribution in [0.2, 0.25) is 0 Å². The van der Waals surface area contributed by atoms with Crippen LogP contribution in [0.3, 0.4) is 0 Å². The maximum Gasteiger partial charge on any atom is 0.137 e. The fourth-order valence-corrected chi connectivity index (χ4v) is 2.99. The van der Waals surface area contributed by atoms with Crippen LogP contribution in [0.4, 0.5) is 0 Å². The molecule has 1 atom stereocenters. The summed E-state index contributed by atoms with van der Waals surface area (Å²) in [4.78, 5) is 16.9. The highest BCUT2D eigenvalue weighted by atomic mass is 16.4. The molecular formula is C19H21N3O2. The lowest BCUT2D eigenvalue weighted by Crippen LogP contribution is -3.09. The van der Waals surface area contributed by atoms with Crippen LogP contribution in [0.15, 0.2) is 54.7 Å². The highest BCUT2D eigenvalue weighted by Crippen LogP contribution is 2.12. The van der Waals surface area contributed by atoms with Crippen molar-refractivity contribution in [3.63, 3.8) is 0 Å². The van der Waals surface area contributed by atoms with Crippen LogP contribution < -0.4 is 10.0 Å². The van der Waals surface area contributed by atoms with Gasteiger partial charge in [0.2, 0.25) is 0 Å². The normalized spacial score (nSPS) is 12.4. The number of nitrogens with one attached hydrogen (secondary N) is 1. The topological polar surface area (TPSA) is 61.9 Å². The highest BCUT2D eigenvalue weighted by Gasteiger charge is 2.17. The lowest BCUT2D eigenvalue weighted by atomic mass is 10.2. The molecule has 0 saturated heterocycles. The maximum atomic E-state index is 11.1. The van der Waals surface area contributed by atoms with Crippen molar-refractivity contribution in [1.29, 1.82) is 0 Å². The summed E-state index contributed by atoms with van der Waals surface area (Å²) < 4.78 is 1.99. The van der Waals surface area contributed by atoms with E-state index in [1.54, 1.807) is 0 Å². The first kappa shape index (κ1) is 16.2. The Labute approximate surface area is 141 Å². The van der Waals surface area contributed by atoms with E-state index >= 15 is 0 Å². The highest BCUT2D eigenvalue weighted by molar-refractivity contribution is 5.68. The number of benzene rings is 1. The summed E-state index contributed by atoms with van der Waals surface area (Å²) in [6.45, 7) is 4.70. The third-order valence-electron chi connectivity index (χ3n) is 4.24. The van der Waals surface area contributed by atoms with Crippen molar-refractivity contribution >= 4 is 11.6 Å². The number of rotatable bonds is 7. The van der Waals surface area contributed by atoms with E-state index in [-0.39, 0.29) is 6.42 Å². The van der Waals surface area contributed by atoms with Crippen LogP contribution in [-0.2, 0) is 24.3 Å². The van der Waals surface area contributed by atoms with E-state index in [9.17, 15) is 9.90 Å². The van der Waals surface area contributed by atoms with Crippen molar-refractivity contribution in [3.05, 3.63) is 71.7 Å². The smallest absolute Gasteiger partial charge is 0.137 e. The molecule has 3 rings (SSSR count). The van der Waals surface area contributed by atoms with Gasteiger partial charge in [0.15, 0.2) is 0 Å². The first-order chi connectivity index (χ1) is 11.7. The van der Waals surface area contributed by atoms with E-state index < -0.39 is 5.97 Å². The quantitative estimate of drug-likeness (QED) is 0.677. The number of carbonyl (C=O) groups is 1. The van der Waals surface area contributed by atoms with Gasteiger partial charge in [0, 0.05) is 24.2 Å². The summed E-state index contributed by atoms with van der Waals surface area (Å²) in [5.41, 5.74) is 3.59. The number of nitrogens with zero attached hydrogens (tertiary/aromatic N) is 2. The number of pyridine rings is 1. The van der Waals surface area contributed by atoms with Crippen LogP contribution in [0.25, 0.3) is 5.65 Å². The summed E-state index contributed by atoms with van der Waals surface area (Å²) in [6, 6.07) is 16.1. The number of carboxylic acids is 1. The van der Waals surface area contributed by atoms with Crippen LogP contribution in [0.1, 0.15) is 23.9 Å². The molecule has 0 bridgehead atoms. The number of carboxylic acid groups (broad SMARTS) is 1. The monoisotopic (exact) mass is 323 g/mol. The molecular weight excluding hydrogens is 302 g/mol. The van der Waals surface area contributed by atoms with Gasteiger partial charge in [0.25, 0.3) is 0 Å². The number of hydrogen-bond donors (Lipinski definition) is 1. The van der Waals surface area contributed by atoms with E-state index in [0.717, 1.165) is 31.0 Å². The molecule has 1 N–H and O–H groups in total. The minimum absolute atomic E-state index is 0.153. The zero-order valence-corrected chi connectivity index (χ0v) is 13.7. The predicted molar refractivity (Wildman–Crippen MR) is 89.3 cm³/mol. The molecule has 2 aromatic heterocycles. The lowest BCUT2D eigenvalue weighted by molar-refractivity contribution is -0.926. The second-order valence-electron chi connectivity index (χ2n) is 5.93. The molecule has 0 aliphatic carbocycles. The molecule has 0 aliphatic rings. The van der Waals surface area contributed by atoms with Crippen LogP contribution >= 0.6 is 0 Å². The second-order valence-corrected chi connectivity index (χ2v) is 5.93. The van der Waals surface area contributed by atoms with Gasteiger partial charge >= 0.3 is 0 Å². The summed E-state index contributed by atoms with van der Waals surface area (Å²) in [6.07, 6.45) is 1.78. The van der Waals surface area contributed by atoms with E-state index in [0.29, 0.717) is 5.69 Å². The van der Waals surface area contributed by atoms with Crippen molar-refractivity contribution in [3.8, 4) is 0 Å². The molecule has 0 saturated carbocycles. The number of fused-ring (bicyclic) bond motifs is 1. The molecule has 5 heteroatoms. The molecule has 2 heterocycles. The van der Waals surface area contributed by atoms with E-state index in [4.69, 9.17) is 0 Å². The minimum atomic E-state index is -1.10. The minimum Gasteiger partial charge on any atom is -0.550 e. The Kier molecular flexibility index (Phi) is 4.91. The van der Waals surface area contributed by atoms with Crippen LogP contribution in [0.5, 0.6) is 0 Å². The number of imidazole rings is 1. The van der Waals surface area contributed by atoms with Gasteiger partial charge in [0.05, 0.1) is 12.2 Å². The third-order valence-corrected chi connectivity index (χ3v) is 4.24. The predicted octanol–water partition coefficient (Wildman–Crippen LogP) is 0.232. The Bertz CT molecular complexity index is 827. The first-order valence-electron chi connectivity index (χ1n) is 8.19. The molecule has 3 aromatic rings. The Morgan fingerprint density at radius 3 is 2.58 bits per heavy atom.